The van der Waals surface area contributed by atoms with Gasteiger partial charge in [0.05, 0.1) is 6.33 Å². The van der Waals surface area contributed by atoms with Gasteiger partial charge in [-0.1, -0.05) is 20.8 Å². The predicted octanol–water partition coefficient (Wildman–Crippen LogP) is 2.60. The fraction of sp³-hybridized carbons (Fsp3) is 0.636. The van der Waals surface area contributed by atoms with Crippen LogP contribution in [-0.4, -0.2) is 15.3 Å². The van der Waals surface area contributed by atoms with Crippen molar-refractivity contribution in [1.82, 2.24) is 9.55 Å². The summed E-state index contributed by atoms with van der Waals surface area (Å²) in [4.78, 5) is 15.8. The van der Waals surface area contributed by atoms with E-state index in [1.807, 2.05) is 0 Å². The molecule has 1 aromatic heterocycles. The first-order valence-corrected chi connectivity index (χ1v) is 6.59. The monoisotopic (exact) mass is 304 g/mol. The summed E-state index contributed by atoms with van der Waals surface area (Å²) >= 11 is 7.55. The molecule has 0 aliphatic heterocycles. The van der Waals surface area contributed by atoms with Gasteiger partial charge < -0.3 is 0 Å². The van der Waals surface area contributed by atoms with Gasteiger partial charge in [-0.2, -0.15) is 12.6 Å². The zero-order valence-electron chi connectivity index (χ0n) is 9.77. The molecule has 5 heteroatoms. The average Bonchev–Trinajstić information content (AvgIpc) is 2.18. The minimum atomic E-state index is -0.0361. The molecule has 0 amide bonds. The molecular formula is C11H17BrN2OS. The fourth-order valence-electron chi connectivity index (χ4n) is 1.40. The molecule has 0 aliphatic rings. The molecule has 0 bridgehead atoms. The fourth-order valence-corrected chi connectivity index (χ4v) is 2.41. The molecule has 0 radical (unpaired) electrons. The van der Waals surface area contributed by atoms with Crippen molar-refractivity contribution < 1.29 is 0 Å². The van der Waals surface area contributed by atoms with Crippen molar-refractivity contribution in [2.75, 3.05) is 5.75 Å². The maximum absolute atomic E-state index is 11.8. The van der Waals surface area contributed by atoms with Gasteiger partial charge in [0.1, 0.15) is 4.47 Å². The number of rotatable bonds is 3. The maximum atomic E-state index is 11.8. The number of hydrogen-bond donors (Lipinski definition) is 1. The third kappa shape index (κ3) is 3.35. The Hall–Kier alpha value is -0.290. The second kappa shape index (κ2) is 5.36. The van der Waals surface area contributed by atoms with E-state index in [0.717, 1.165) is 5.75 Å². The third-order valence-electron chi connectivity index (χ3n) is 2.72. The molecule has 0 saturated carbocycles. The summed E-state index contributed by atoms with van der Waals surface area (Å²) < 4.78 is 2.14. The third-order valence-corrected chi connectivity index (χ3v) is 3.71. The van der Waals surface area contributed by atoms with Crippen LogP contribution in [0.1, 0.15) is 20.8 Å². The van der Waals surface area contributed by atoms with E-state index < -0.39 is 0 Å². The highest BCUT2D eigenvalue weighted by Crippen LogP contribution is 2.27. The highest BCUT2D eigenvalue weighted by molar-refractivity contribution is 9.10. The van der Waals surface area contributed by atoms with Crippen LogP contribution < -0.4 is 5.56 Å². The summed E-state index contributed by atoms with van der Waals surface area (Å²) in [5.74, 6) is 1.09. The first-order valence-electron chi connectivity index (χ1n) is 5.17. The lowest BCUT2D eigenvalue weighted by Gasteiger charge is -2.29. The van der Waals surface area contributed by atoms with Crippen LogP contribution in [0.3, 0.4) is 0 Å². The van der Waals surface area contributed by atoms with Crippen LogP contribution in [0.2, 0.25) is 0 Å². The normalized spacial score (nSPS) is 13.8. The highest BCUT2D eigenvalue weighted by Gasteiger charge is 2.24. The molecule has 1 unspecified atom stereocenters. The SMILES string of the molecule is CC(C)(C)C(CS)Cn1cncc(Br)c1=O. The number of halogens is 1. The van der Waals surface area contributed by atoms with Crippen LogP contribution in [0, 0.1) is 11.3 Å². The Bertz CT molecular complexity index is 411. The number of thiol groups is 1. The first kappa shape index (κ1) is 13.8. The topological polar surface area (TPSA) is 34.9 Å². The summed E-state index contributed by atoms with van der Waals surface area (Å²) in [7, 11) is 0. The van der Waals surface area contributed by atoms with Crippen molar-refractivity contribution in [3.63, 3.8) is 0 Å². The number of aromatic nitrogens is 2. The zero-order valence-corrected chi connectivity index (χ0v) is 12.3. The molecule has 1 heterocycles. The Labute approximate surface area is 110 Å². The van der Waals surface area contributed by atoms with E-state index in [0.29, 0.717) is 16.9 Å². The lowest BCUT2D eigenvalue weighted by atomic mass is 9.82. The number of hydrogen-bond acceptors (Lipinski definition) is 3. The molecule has 90 valence electrons. The molecular weight excluding hydrogens is 288 g/mol. The van der Waals surface area contributed by atoms with Gasteiger partial charge in [-0.25, -0.2) is 4.98 Å². The van der Waals surface area contributed by atoms with E-state index in [1.54, 1.807) is 10.9 Å². The minimum Gasteiger partial charge on any atom is -0.298 e. The Balaban J connectivity index is 2.96. The average molecular weight is 305 g/mol. The summed E-state index contributed by atoms with van der Waals surface area (Å²) in [6.07, 6.45) is 3.10. The second-order valence-electron chi connectivity index (χ2n) is 4.94. The van der Waals surface area contributed by atoms with Crippen LogP contribution in [0.4, 0.5) is 0 Å². The molecule has 1 atom stereocenters. The van der Waals surface area contributed by atoms with Gasteiger partial charge in [0.15, 0.2) is 0 Å². The zero-order chi connectivity index (χ0) is 12.3. The minimum absolute atomic E-state index is 0.0361. The molecule has 0 aromatic carbocycles. The molecule has 0 spiro atoms. The quantitative estimate of drug-likeness (QED) is 0.871. The van der Waals surface area contributed by atoms with Crippen LogP contribution in [0.15, 0.2) is 21.8 Å². The van der Waals surface area contributed by atoms with E-state index in [1.165, 1.54) is 6.20 Å². The Morgan fingerprint density at radius 1 is 1.56 bits per heavy atom. The van der Waals surface area contributed by atoms with Crippen molar-refractivity contribution in [2.45, 2.75) is 27.3 Å². The van der Waals surface area contributed by atoms with Crippen molar-refractivity contribution in [3.8, 4) is 0 Å². The van der Waals surface area contributed by atoms with Gasteiger partial charge in [-0.05, 0) is 33.0 Å². The van der Waals surface area contributed by atoms with Gasteiger partial charge in [0.2, 0.25) is 0 Å². The molecule has 3 nitrogen and oxygen atoms in total. The van der Waals surface area contributed by atoms with Crippen molar-refractivity contribution in [1.29, 1.82) is 0 Å². The molecule has 1 rings (SSSR count). The summed E-state index contributed by atoms with van der Waals surface area (Å²) in [5.41, 5.74) is 0.0924. The molecule has 16 heavy (non-hydrogen) atoms. The van der Waals surface area contributed by atoms with E-state index in [9.17, 15) is 4.79 Å². The highest BCUT2D eigenvalue weighted by atomic mass is 79.9. The van der Waals surface area contributed by atoms with Crippen LogP contribution in [0.25, 0.3) is 0 Å². The lowest BCUT2D eigenvalue weighted by Crippen LogP contribution is -2.32. The molecule has 0 saturated heterocycles. The summed E-state index contributed by atoms with van der Waals surface area (Å²) in [6.45, 7) is 7.12. The van der Waals surface area contributed by atoms with Crippen LogP contribution in [0.5, 0.6) is 0 Å². The number of nitrogens with zero attached hydrogens (tertiary/aromatic N) is 2. The van der Waals surface area contributed by atoms with Crippen molar-refractivity contribution in [2.24, 2.45) is 11.3 Å². The van der Waals surface area contributed by atoms with Gasteiger partial charge >= 0.3 is 0 Å². The smallest absolute Gasteiger partial charge is 0.267 e. The summed E-state index contributed by atoms with van der Waals surface area (Å²) in [6, 6.07) is 0. The molecule has 0 aliphatic carbocycles. The molecule has 0 fully saturated rings. The first-order chi connectivity index (χ1) is 7.36. The van der Waals surface area contributed by atoms with Gasteiger partial charge in [-0.3, -0.25) is 9.36 Å². The van der Waals surface area contributed by atoms with Crippen LogP contribution >= 0.6 is 28.6 Å². The predicted molar refractivity (Wildman–Crippen MR) is 73.0 cm³/mol. The van der Waals surface area contributed by atoms with Gasteiger partial charge in [0.25, 0.3) is 5.56 Å². The van der Waals surface area contributed by atoms with E-state index in [4.69, 9.17) is 0 Å². The maximum Gasteiger partial charge on any atom is 0.267 e. The van der Waals surface area contributed by atoms with Crippen molar-refractivity contribution in [3.05, 3.63) is 27.4 Å². The Morgan fingerprint density at radius 3 is 2.69 bits per heavy atom. The van der Waals surface area contributed by atoms with Crippen LogP contribution in [-0.2, 0) is 6.54 Å². The van der Waals surface area contributed by atoms with E-state index >= 15 is 0 Å². The van der Waals surface area contributed by atoms with Gasteiger partial charge in [0, 0.05) is 12.7 Å². The molecule has 0 N–H and O–H groups in total. The van der Waals surface area contributed by atoms with E-state index in [-0.39, 0.29) is 11.0 Å². The Morgan fingerprint density at radius 2 is 2.19 bits per heavy atom. The molecule has 1 aromatic rings. The standard InChI is InChI=1S/C11H17BrN2OS/c1-11(2,3)8(6-16)5-14-7-13-4-9(12)10(14)15/h4,7-8,16H,5-6H2,1-3H3. The summed E-state index contributed by atoms with van der Waals surface area (Å²) in [5, 5.41) is 0. The van der Waals surface area contributed by atoms with Crippen molar-refractivity contribution >= 4 is 28.6 Å². The van der Waals surface area contributed by atoms with Gasteiger partial charge in [-0.15, -0.1) is 0 Å². The largest absolute Gasteiger partial charge is 0.298 e. The lowest BCUT2D eigenvalue weighted by molar-refractivity contribution is 0.235. The van der Waals surface area contributed by atoms with E-state index in [2.05, 4.69) is 54.3 Å². The second-order valence-corrected chi connectivity index (χ2v) is 6.16. The Kier molecular flexibility index (Phi) is 4.62.